The highest BCUT2D eigenvalue weighted by atomic mass is 16.5. The molecule has 0 bridgehead atoms. The molecular formula is C13H20N2O3. The van der Waals surface area contributed by atoms with Crippen LogP contribution in [0.15, 0.2) is 12.1 Å². The van der Waals surface area contributed by atoms with Gasteiger partial charge in [0, 0.05) is 26.4 Å². The lowest BCUT2D eigenvalue weighted by molar-refractivity contribution is 0.0696. The Balaban J connectivity index is 2.98. The van der Waals surface area contributed by atoms with Gasteiger partial charge in [0.1, 0.15) is 5.82 Å². The van der Waals surface area contributed by atoms with Crippen LogP contribution in [0, 0.1) is 0 Å². The van der Waals surface area contributed by atoms with Crippen molar-refractivity contribution in [3.63, 3.8) is 0 Å². The second-order valence-corrected chi connectivity index (χ2v) is 4.17. The quantitative estimate of drug-likeness (QED) is 0.802. The first-order valence-corrected chi connectivity index (χ1v) is 6.02. The van der Waals surface area contributed by atoms with Gasteiger partial charge in [-0.05, 0) is 18.6 Å². The van der Waals surface area contributed by atoms with E-state index in [1.807, 2.05) is 18.9 Å². The minimum Gasteiger partial charge on any atom is -0.478 e. The fourth-order valence-electron chi connectivity index (χ4n) is 1.62. The maximum atomic E-state index is 11.1. The third-order valence-corrected chi connectivity index (χ3v) is 2.64. The average Bonchev–Trinajstić information content (AvgIpc) is 2.35. The summed E-state index contributed by atoms with van der Waals surface area (Å²) >= 11 is 0. The van der Waals surface area contributed by atoms with E-state index in [9.17, 15) is 4.79 Å². The normalized spacial score (nSPS) is 10.4. The molecule has 1 heterocycles. The number of carboxylic acids is 1. The Morgan fingerprint density at radius 3 is 2.78 bits per heavy atom. The van der Waals surface area contributed by atoms with Crippen LogP contribution in [0.1, 0.15) is 29.4 Å². The highest BCUT2D eigenvalue weighted by molar-refractivity contribution is 5.88. The van der Waals surface area contributed by atoms with Crippen molar-refractivity contribution >= 4 is 11.8 Å². The van der Waals surface area contributed by atoms with Crippen LogP contribution in [-0.2, 0) is 11.2 Å². The van der Waals surface area contributed by atoms with Crippen LogP contribution in [0.4, 0.5) is 5.82 Å². The molecule has 1 N–H and O–H groups in total. The molecule has 0 radical (unpaired) electrons. The molecule has 1 rings (SSSR count). The summed E-state index contributed by atoms with van der Waals surface area (Å²) in [5, 5.41) is 9.09. The summed E-state index contributed by atoms with van der Waals surface area (Å²) in [5.41, 5.74) is 1.10. The largest absolute Gasteiger partial charge is 0.478 e. The van der Waals surface area contributed by atoms with Crippen LogP contribution < -0.4 is 4.90 Å². The van der Waals surface area contributed by atoms with Crippen molar-refractivity contribution in [1.82, 2.24) is 4.98 Å². The van der Waals surface area contributed by atoms with Crippen LogP contribution in [0.5, 0.6) is 0 Å². The molecule has 0 atom stereocenters. The van der Waals surface area contributed by atoms with Gasteiger partial charge in [0.15, 0.2) is 0 Å². The first-order valence-electron chi connectivity index (χ1n) is 6.02. The molecule has 0 saturated carbocycles. The first kappa shape index (κ1) is 14.4. The fourth-order valence-corrected chi connectivity index (χ4v) is 1.62. The molecule has 0 saturated heterocycles. The maximum Gasteiger partial charge on any atom is 0.335 e. The van der Waals surface area contributed by atoms with Crippen LogP contribution in [0.3, 0.4) is 0 Å². The number of anilines is 1. The number of methoxy groups -OCH3 is 1. The molecule has 18 heavy (non-hydrogen) atoms. The molecule has 0 fully saturated rings. The second-order valence-electron chi connectivity index (χ2n) is 4.17. The lowest BCUT2D eigenvalue weighted by Crippen LogP contribution is -2.23. The third-order valence-electron chi connectivity index (χ3n) is 2.64. The smallest absolute Gasteiger partial charge is 0.335 e. The zero-order valence-electron chi connectivity index (χ0n) is 11.1. The summed E-state index contributed by atoms with van der Waals surface area (Å²) in [4.78, 5) is 17.4. The first-order chi connectivity index (χ1) is 8.58. The SMILES string of the molecule is CCCc1cc(C(=O)O)cc(N(C)CCOC)n1. The standard InChI is InChI=1S/C13H20N2O3/c1-4-5-11-8-10(13(16)17)9-12(14-11)15(2)6-7-18-3/h8-9H,4-7H2,1-3H3,(H,16,17). The lowest BCUT2D eigenvalue weighted by Gasteiger charge is -2.19. The van der Waals surface area contributed by atoms with Gasteiger partial charge in [-0.25, -0.2) is 9.78 Å². The van der Waals surface area contributed by atoms with E-state index < -0.39 is 5.97 Å². The molecular weight excluding hydrogens is 232 g/mol. The van der Waals surface area contributed by atoms with E-state index in [0.29, 0.717) is 19.0 Å². The van der Waals surface area contributed by atoms with Gasteiger partial charge in [0.2, 0.25) is 0 Å². The van der Waals surface area contributed by atoms with Gasteiger partial charge >= 0.3 is 5.97 Å². The summed E-state index contributed by atoms with van der Waals surface area (Å²) in [6.07, 6.45) is 1.73. The van der Waals surface area contributed by atoms with Crippen LogP contribution in [0.2, 0.25) is 0 Å². The Morgan fingerprint density at radius 1 is 1.50 bits per heavy atom. The molecule has 0 unspecified atom stereocenters. The molecule has 0 spiro atoms. The van der Waals surface area contributed by atoms with Crippen molar-refractivity contribution in [3.05, 3.63) is 23.4 Å². The Labute approximate surface area is 107 Å². The molecule has 5 heteroatoms. The van der Waals surface area contributed by atoms with Crippen molar-refractivity contribution in [3.8, 4) is 0 Å². The molecule has 0 aliphatic carbocycles. The Kier molecular flexibility index (Phi) is 5.58. The van der Waals surface area contributed by atoms with Gasteiger partial charge in [-0.2, -0.15) is 0 Å². The number of rotatable bonds is 7. The maximum absolute atomic E-state index is 11.1. The molecule has 0 aliphatic heterocycles. The monoisotopic (exact) mass is 252 g/mol. The van der Waals surface area contributed by atoms with E-state index in [4.69, 9.17) is 9.84 Å². The second kappa shape index (κ2) is 6.96. The van der Waals surface area contributed by atoms with Crippen LogP contribution in [-0.4, -0.2) is 43.4 Å². The number of carboxylic acid groups (broad SMARTS) is 1. The topological polar surface area (TPSA) is 62.7 Å². The van der Waals surface area contributed by atoms with E-state index in [1.165, 1.54) is 0 Å². The number of likely N-dealkylation sites (N-methyl/N-ethyl adjacent to an activating group) is 1. The number of aromatic nitrogens is 1. The number of aryl methyl sites for hydroxylation is 1. The number of pyridine rings is 1. The Bertz CT molecular complexity index is 407. The Morgan fingerprint density at radius 2 is 2.22 bits per heavy atom. The van der Waals surface area contributed by atoms with Crippen molar-refractivity contribution in [2.24, 2.45) is 0 Å². The summed E-state index contributed by atoms with van der Waals surface area (Å²) in [5.74, 6) is -0.244. The molecule has 0 amide bonds. The molecule has 5 nitrogen and oxygen atoms in total. The van der Waals surface area contributed by atoms with Crippen molar-refractivity contribution in [2.75, 3.05) is 32.2 Å². The fraction of sp³-hybridized carbons (Fsp3) is 0.538. The van der Waals surface area contributed by atoms with Gasteiger partial charge in [-0.15, -0.1) is 0 Å². The molecule has 100 valence electrons. The van der Waals surface area contributed by atoms with Crippen molar-refractivity contribution in [2.45, 2.75) is 19.8 Å². The summed E-state index contributed by atoms with van der Waals surface area (Å²) in [6, 6.07) is 3.23. The summed E-state index contributed by atoms with van der Waals surface area (Å²) in [6.45, 7) is 3.31. The van der Waals surface area contributed by atoms with Gasteiger partial charge in [0.05, 0.1) is 12.2 Å². The van der Waals surface area contributed by atoms with E-state index in [-0.39, 0.29) is 5.56 Å². The van der Waals surface area contributed by atoms with E-state index in [2.05, 4.69) is 4.98 Å². The van der Waals surface area contributed by atoms with Crippen LogP contribution >= 0.6 is 0 Å². The molecule has 1 aromatic rings. The predicted octanol–water partition coefficient (Wildman–Crippen LogP) is 1.81. The van der Waals surface area contributed by atoms with E-state index in [1.54, 1.807) is 19.2 Å². The molecule has 0 aromatic carbocycles. The van der Waals surface area contributed by atoms with Crippen molar-refractivity contribution in [1.29, 1.82) is 0 Å². The third kappa shape index (κ3) is 4.00. The van der Waals surface area contributed by atoms with Gasteiger partial charge in [0.25, 0.3) is 0 Å². The summed E-state index contributed by atoms with van der Waals surface area (Å²) < 4.78 is 5.00. The highest BCUT2D eigenvalue weighted by Crippen LogP contribution is 2.15. The number of hydrogen-bond acceptors (Lipinski definition) is 4. The minimum atomic E-state index is -0.920. The van der Waals surface area contributed by atoms with E-state index >= 15 is 0 Å². The average molecular weight is 252 g/mol. The summed E-state index contributed by atoms with van der Waals surface area (Å²) in [7, 11) is 3.51. The van der Waals surface area contributed by atoms with Crippen LogP contribution in [0.25, 0.3) is 0 Å². The molecule has 0 aliphatic rings. The van der Waals surface area contributed by atoms with Gasteiger partial charge in [-0.3, -0.25) is 0 Å². The number of carbonyl (C=O) groups is 1. The lowest BCUT2D eigenvalue weighted by atomic mass is 10.1. The number of ether oxygens (including phenoxy) is 1. The molecule has 1 aromatic heterocycles. The number of hydrogen-bond donors (Lipinski definition) is 1. The number of aromatic carboxylic acids is 1. The van der Waals surface area contributed by atoms with Gasteiger partial charge < -0.3 is 14.7 Å². The zero-order chi connectivity index (χ0) is 13.5. The number of nitrogens with zero attached hydrogens (tertiary/aromatic N) is 2. The minimum absolute atomic E-state index is 0.285. The zero-order valence-corrected chi connectivity index (χ0v) is 11.1. The highest BCUT2D eigenvalue weighted by Gasteiger charge is 2.10. The van der Waals surface area contributed by atoms with Gasteiger partial charge in [-0.1, -0.05) is 13.3 Å². The Hall–Kier alpha value is -1.62. The van der Waals surface area contributed by atoms with Crippen molar-refractivity contribution < 1.29 is 14.6 Å². The predicted molar refractivity (Wildman–Crippen MR) is 70.3 cm³/mol. The van der Waals surface area contributed by atoms with E-state index in [0.717, 1.165) is 18.5 Å².